The maximum atomic E-state index is 11.7. The van der Waals surface area contributed by atoms with E-state index in [2.05, 4.69) is 9.97 Å². The maximum Gasteiger partial charge on any atom is 0.316 e. The van der Waals surface area contributed by atoms with E-state index in [0.29, 0.717) is 0 Å². The van der Waals surface area contributed by atoms with Gasteiger partial charge in [-0.3, -0.25) is 4.98 Å². The lowest BCUT2D eigenvalue weighted by Crippen LogP contribution is -2.45. The van der Waals surface area contributed by atoms with Crippen molar-refractivity contribution in [2.45, 2.75) is 13.8 Å². The third kappa shape index (κ3) is 2.07. The van der Waals surface area contributed by atoms with E-state index in [1.54, 1.807) is 13.3 Å². The van der Waals surface area contributed by atoms with Crippen molar-refractivity contribution in [1.82, 2.24) is 14.5 Å². The lowest BCUT2D eigenvalue weighted by atomic mass is 10.1. The molecule has 0 aliphatic heterocycles. The fraction of sp³-hybridized carbons (Fsp3) is 0.286. The van der Waals surface area contributed by atoms with Crippen LogP contribution in [0.2, 0.25) is 0 Å². The molecule has 0 unspecified atom stereocenters. The van der Waals surface area contributed by atoms with Crippen LogP contribution in [0.4, 0.5) is 5.82 Å². The molecule has 2 rings (SSSR count). The Morgan fingerprint density at radius 3 is 2.39 bits per heavy atom. The summed E-state index contributed by atoms with van der Waals surface area (Å²) in [5.74, 6) is 0.874. The molecule has 0 saturated carbocycles. The minimum Gasteiger partial charge on any atom is -0.299 e. The molecule has 4 heteroatoms. The first kappa shape index (κ1) is 12.5. The van der Waals surface area contributed by atoms with E-state index in [4.69, 9.17) is 0 Å². The molecular formula is C14H18N3O+. The number of quaternary nitrogens is 1. The molecule has 0 atom stereocenters. The van der Waals surface area contributed by atoms with Crippen LogP contribution in [0.25, 0.3) is 11.3 Å². The van der Waals surface area contributed by atoms with Crippen molar-refractivity contribution in [3.05, 3.63) is 36.2 Å². The van der Waals surface area contributed by atoms with Gasteiger partial charge in [-0.15, -0.1) is 0 Å². The fourth-order valence-corrected chi connectivity index (χ4v) is 1.79. The maximum absolute atomic E-state index is 11.7. The highest BCUT2D eigenvalue weighted by Crippen LogP contribution is 2.30. The molecule has 0 aliphatic carbocycles. The van der Waals surface area contributed by atoms with Gasteiger partial charge < -0.3 is 0 Å². The standard InChI is InChI=1S/C14H18N3O/c1-10-5-7-12(8-6-10)13-14(16-9-15-13)17(3,4)11(2)18/h5-9H,1-4H3,(H,15,16)/q+1. The highest BCUT2D eigenvalue weighted by Gasteiger charge is 2.30. The zero-order valence-electron chi connectivity index (χ0n) is 11.2. The van der Waals surface area contributed by atoms with Gasteiger partial charge in [0.1, 0.15) is 0 Å². The summed E-state index contributed by atoms with van der Waals surface area (Å²) in [5, 5.41) is 0. The van der Waals surface area contributed by atoms with E-state index in [1.807, 2.05) is 45.3 Å². The first-order chi connectivity index (χ1) is 8.43. The first-order valence-electron chi connectivity index (χ1n) is 5.89. The Bertz CT molecular complexity index is 567. The van der Waals surface area contributed by atoms with Gasteiger partial charge in [0.2, 0.25) is 5.82 Å². The van der Waals surface area contributed by atoms with Gasteiger partial charge in [-0.2, -0.15) is 0 Å². The molecular weight excluding hydrogens is 226 g/mol. The average Bonchev–Trinajstić information content (AvgIpc) is 2.79. The summed E-state index contributed by atoms with van der Waals surface area (Å²) >= 11 is 0. The van der Waals surface area contributed by atoms with Gasteiger partial charge in [-0.05, 0) is 6.92 Å². The molecule has 0 radical (unpaired) electrons. The lowest BCUT2D eigenvalue weighted by Gasteiger charge is -2.23. The zero-order valence-corrected chi connectivity index (χ0v) is 11.2. The van der Waals surface area contributed by atoms with Gasteiger partial charge in [0.25, 0.3) is 0 Å². The summed E-state index contributed by atoms with van der Waals surface area (Å²) in [6.45, 7) is 3.63. The Kier molecular flexibility index (Phi) is 3.05. The van der Waals surface area contributed by atoms with E-state index in [9.17, 15) is 4.79 Å². The van der Waals surface area contributed by atoms with Crippen molar-refractivity contribution in [1.29, 1.82) is 0 Å². The summed E-state index contributed by atoms with van der Waals surface area (Å²) in [6.07, 6.45) is 1.63. The third-order valence-corrected chi connectivity index (χ3v) is 3.29. The molecule has 18 heavy (non-hydrogen) atoms. The molecule has 0 saturated heterocycles. The quantitative estimate of drug-likeness (QED) is 0.825. The van der Waals surface area contributed by atoms with Crippen LogP contribution in [-0.2, 0) is 4.79 Å². The number of aromatic amines is 1. The summed E-state index contributed by atoms with van der Waals surface area (Å²) in [4.78, 5) is 19.1. The Morgan fingerprint density at radius 2 is 1.83 bits per heavy atom. The number of hydrogen-bond donors (Lipinski definition) is 1. The number of nitrogens with one attached hydrogen (secondary N) is 1. The van der Waals surface area contributed by atoms with Crippen LogP contribution in [-0.4, -0.2) is 30.0 Å². The molecule has 4 nitrogen and oxygen atoms in total. The van der Waals surface area contributed by atoms with Gasteiger partial charge in [-0.25, -0.2) is 14.3 Å². The molecule has 0 bridgehead atoms. The minimum atomic E-state index is 0.0626. The van der Waals surface area contributed by atoms with E-state index in [1.165, 1.54) is 5.56 Å². The highest BCUT2D eigenvalue weighted by atomic mass is 16.2. The predicted octanol–water partition coefficient (Wildman–Crippen LogP) is 2.50. The number of aromatic nitrogens is 2. The monoisotopic (exact) mass is 244 g/mol. The number of amides is 1. The highest BCUT2D eigenvalue weighted by molar-refractivity contribution is 5.88. The Hall–Kier alpha value is -1.94. The lowest BCUT2D eigenvalue weighted by molar-refractivity contribution is -0.125. The predicted molar refractivity (Wildman–Crippen MR) is 73.1 cm³/mol. The van der Waals surface area contributed by atoms with Gasteiger partial charge in [0.05, 0.1) is 27.3 Å². The van der Waals surface area contributed by atoms with Crippen LogP contribution in [0.1, 0.15) is 12.5 Å². The Labute approximate surface area is 107 Å². The summed E-state index contributed by atoms with van der Waals surface area (Å²) in [6, 6.07) is 8.13. The third-order valence-electron chi connectivity index (χ3n) is 3.29. The van der Waals surface area contributed by atoms with Crippen LogP contribution < -0.4 is 4.48 Å². The van der Waals surface area contributed by atoms with Crippen molar-refractivity contribution in [3.8, 4) is 11.3 Å². The number of H-pyrrole nitrogens is 1. The number of carbonyl (C=O) groups is 1. The normalized spacial score (nSPS) is 11.6. The van der Waals surface area contributed by atoms with E-state index < -0.39 is 0 Å². The van der Waals surface area contributed by atoms with Crippen LogP contribution in [0.5, 0.6) is 0 Å². The second-order valence-electron chi connectivity index (χ2n) is 4.94. The number of imidazole rings is 1. The summed E-state index contributed by atoms with van der Waals surface area (Å²) in [7, 11) is 3.71. The number of aryl methyl sites for hydroxylation is 1. The molecule has 94 valence electrons. The van der Waals surface area contributed by atoms with Gasteiger partial charge >= 0.3 is 5.91 Å². The van der Waals surface area contributed by atoms with Crippen molar-refractivity contribution >= 4 is 11.7 Å². The number of carbonyl (C=O) groups excluding carboxylic acids is 1. The van der Waals surface area contributed by atoms with Crippen molar-refractivity contribution in [2.75, 3.05) is 14.1 Å². The van der Waals surface area contributed by atoms with Crippen LogP contribution >= 0.6 is 0 Å². The largest absolute Gasteiger partial charge is 0.316 e. The zero-order chi connectivity index (χ0) is 13.3. The molecule has 1 N–H and O–H groups in total. The molecule has 0 fully saturated rings. The van der Waals surface area contributed by atoms with Crippen molar-refractivity contribution in [2.24, 2.45) is 0 Å². The molecule has 1 amide bonds. The summed E-state index contributed by atoms with van der Waals surface area (Å²) in [5.41, 5.74) is 3.05. The number of nitrogens with zero attached hydrogens (tertiary/aromatic N) is 2. The topological polar surface area (TPSA) is 45.8 Å². The number of hydrogen-bond acceptors (Lipinski definition) is 2. The number of rotatable bonds is 2. The first-order valence-corrected chi connectivity index (χ1v) is 5.89. The van der Waals surface area contributed by atoms with Gasteiger partial charge in [0.15, 0.2) is 5.69 Å². The number of benzene rings is 1. The van der Waals surface area contributed by atoms with Crippen LogP contribution in [0.3, 0.4) is 0 Å². The molecule has 2 aromatic rings. The molecule has 1 aromatic heterocycles. The van der Waals surface area contributed by atoms with E-state index >= 15 is 0 Å². The van der Waals surface area contributed by atoms with E-state index in [-0.39, 0.29) is 10.4 Å². The second kappa shape index (κ2) is 4.38. The van der Waals surface area contributed by atoms with E-state index in [0.717, 1.165) is 17.1 Å². The minimum absolute atomic E-state index is 0.0626. The van der Waals surface area contributed by atoms with Gasteiger partial charge in [-0.1, -0.05) is 29.8 Å². The average molecular weight is 244 g/mol. The molecule has 0 spiro atoms. The fourth-order valence-electron chi connectivity index (χ4n) is 1.79. The smallest absolute Gasteiger partial charge is 0.299 e. The molecule has 1 heterocycles. The van der Waals surface area contributed by atoms with Crippen molar-refractivity contribution in [3.63, 3.8) is 0 Å². The van der Waals surface area contributed by atoms with Crippen LogP contribution in [0, 0.1) is 6.92 Å². The molecule has 0 aliphatic rings. The van der Waals surface area contributed by atoms with Gasteiger partial charge in [0, 0.05) is 5.56 Å². The van der Waals surface area contributed by atoms with Crippen LogP contribution in [0.15, 0.2) is 30.6 Å². The molecule has 1 aromatic carbocycles. The second-order valence-corrected chi connectivity index (χ2v) is 4.94. The van der Waals surface area contributed by atoms with Crippen molar-refractivity contribution < 1.29 is 4.79 Å². The Balaban J connectivity index is 2.52. The SMILES string of the molecule is CC(=O)[N+](C)(C)c1[nH]cnc1-c1ccc(C)cc1. The Morgan fingerprint density at radius 1 is 1.22 bits per heavy atom. The summed E-state index contributed by atoms with van der Waals surface area (Å²) < 4.78 is 0.156.